The fraction of sp³-hybridized carbons (Fsp3) is 0.0769. The summed E-state index contributed by atoms with van der Waals surface area (Å²) in [5, 5.41) is -0.276. The highest BCUT2D eigenvalue weighted by Gasteiger charge is 2.20. The van der Waals surface area contributed by atoms with Gasteiger partial charge in [0.25, 0.3) is 15.9 Å². The van der Waals surface area contributed by atoms with E-state index in [0.29, 0.717) is 5.56 Å². The standard InChI is InChI=1S/C13H11FN2O3S/c1-9-6-10(8-11(14)7-9)13(17)16-20(18,19)12-4-2-3-5-15-12/h2-8H,1H3,(H,16,17). The Morgan fingerprint density at radius 3 is 2.60 bits per heavy atom. The van der Waals surface area contributed by atoms with E-state index in [1.807, 2.05) is 4.72 Å². The van der Waals surface area contributed by atoms with Gasteiger partial charge in [-0.2, -0.15) is 8.42 Å². The van der Waals surface area contributed by atoms with E-state index in [2.05, 4.69) is 4.98 Å². The van der Waals surface area contributed by atoms with E-state index in [9.17, 15) is 17.6 Å². The van der Waals surface area contributed by atoms with E-state index in [0.717, 1.165) is 6.07 Å². The van der Waals surface area contributed by atoms with Crippen molar-refractivity contribution in [3.05, 3.63) is 59.5 Å². The second kappa shape index (κ2) is 5.38. The number of hydrogen-bond donors (Lipinski definition) is 1. The van der Waals surface area contributed by atoms with E-state index >= 15 is 0 Å². The van der Waals surface area contributed by atoms with Gasteiger partial charge in [-0.1, -0.05) is 6.07 Å². The van der Waals surface area contributed by atoms with Crippen LogP contribution < -0.4 is 4.72 Å². The third-order valence-electron chi connectivity index (χ3n) is 2.44. The summed E-state index contributed by atoms with van der Waals surface area (Å²) >= 11 is 0. The SMILES string of the molecule is Cc1cc(F)cc(C(=O)NS(=O)(=O)c2ccccn2)c1. The molecule has 20 heavy (non-hydrogen) atoms. The number of nitrogens with zero attached hydrogens (tertiary/aromatic N) is 1. The van der Waals surface area contributed by atoms with Gasteiger partial charge < -0.3 is 0 Å². The second-order valence-electron chi connectivity index (χ2n) is 4.12. The molecule has 5 nitrogen and oxygen atoms in total. The van der Waals surface area contributed by atoms with Crippen molar-refractivity contribution in [1.82, 2.24) is 9.71 Å². The third kappa shape index (κ3) is 3.18. The minimum absolute atomic E-state index is 0.0676. The number of halogens is 1. The van der Waals surface area contributed by atoms with E-state index in [-0.39, 0.29) is 10.6 Å². The Morgan fingerprint density at radius 2 is 2.00 bits per heavy atom. The molecule has 1 amide bonds. The lowest BCUT2D eigenvalue weighted by Crippen LogP contribution is -2.31. The van der Waals surface area contributed by atoms with Crippen molar-refractivity contribution in [1.29, 1.82) is 0 Å². The number of amides is 1. The molecular weight excluding hydrogens is 283 g/mol. The zero-order valence-corrected chi connectivity index (χ0v) is 11.3. The highest BCUT2D eigenvalue weighted by atomic mass is 32.2. The highest BCUT2D eigenvalue weighted by molar-refractivity contribution is 7.90. The summed E-state index contributed by atoms with van der Waals surface area (Å²) in [5.41, 5.74) is 0.451. The molecule has 0 aliphatic heterocycles. The van der Waals surface area contributed by atoms with Gasteiger partial charge in [0.1, 0.15) is 5.82 Å². The summed E-state index contributed by atoms with van der Waals surface area (Å²) < 4.78 is 38.8. The number of sulfonamides is 1. The van der Waals surface area contributed by atoms with Crippen LogP contribution in [0.25, 0.3) is 0 Å². The van der Waals surface area contributed by atoms with Gasteiger partial charge in [-0.3, -0.25) is 4.79 Å². The smallest absolute Gasteiger partial charge is 0.268 e. The first kappa shape index (κ1) is 14.1. The van der Waals surface area contributed by atoms with Gasteiger partial charge in [-0.15, -0.1) is 0 Å². The van der Waals surface area contributed by atoms with Crippen molar-refractivity contribution in [2.45, 2.75) is 11.9 Å². The van der Waals surface area contributed by atoms with Crippen molar-refractivity contribution < 1.29 is 17.6 Å². The number of hydrogen-bond acceptors (Lipinski definition) is 4. The lowest BCUT2D eigenvalue weighted by Gasteiger charge is -2.06. The third-order valence-corrected chi connectivity index (χ3v) is 3.69. The highest BCUT2D eigenvalue weighted by Crippen LogP contribution is 2.10. The van der Waals surface area contributed by atoms with Crippen LogP contribution in [0.15, 0.2) is 47.6 Å². The predicted molar refractivity (Wildman–Crippen MR) is 70.0 cm³/mol. The molecule has 0 saturated heterocycles. The number of carbonyl (C=O) groups excluding carboxylic acids is 1. The lowest BCUT2D eigenvalue weighted by molar-refractivity contribution is 0.0980. The summed E-state index contributed by atoms with van der Waals surface area (Å²) in [4.78, 5) is 15.5. The van der Waals surface area contributed by atoms with Crippen molar-refractivity contribution >= 4 is 15.9 Å². The Balaban J connectivity index is 2.28. The molecule has 0 atom stereocenters. The topological polar surface area (TPSA) is 76.1 Å². The van der Waals surface area contributed by atoms with E-state index in [4.69, 9.17) is 0 Å². The van der Waals surface area contributed by atoms with Crippen LogP contribution in [0.3, 0.4) is 0 Å². The molecule has 0 radical (unpaired) electrons. The maximum absolute atomic E-state index is 13.2. The Labute approximate surface area is 115 Å². The quantitative estimate of drug-likeness (QED) is 0.934. The van der Waals surface area contributed by atoms with Crippen LogP contribution in [0.1, 0.15) is 15.9 Å². The molecule has 104 valence electrons. The normalized spacial score (nSPS) is 11.1. The van der Waals surface area contributed by atoms with Gasteiger partial charge in [0.15, 0.2) is 5.03 Å². The van der Waals surface area contributed by atoms with Gasteiger partial charge >= 0.3 is 0 Å². The van der Waals surface area contributed by atoms with Crippen molar-refractivity contribution in [3.63, 3.8) is 0 Å². The molecule has 7 heteroatoms. The molecule has 0 aliphatic carbocycles. The van der Waals surface area contributed by atoms with Gasteiger partial charge in [-0.25, -0.2) is 14.1 Å². The molecular formula is C13H11FN2O3S. The molecule has 1 aromatic heterocycles. The molecule has 0 spiro atoms. The maximum atomic E-state index is 13.2. The Kier molecular flexibility index (Phi) is 3.80. The van der Waals surface area contributed by atoms with E-state index in [1.165, 1.54) is 30.5 Å². The van der Waals surface area contributed by atoms with Crippen LogP contribution in [-0.2, 0) is 10.0 Å². The van der Waals surface area contributed by atoms with Crippen LogP contribution in [-0.4, -0.2) is 19.3 Å². The number of nitrogens with one attached hydrogen (secondary N) is 1. The molecule has 0 saturated carbocycles. The van der Waals surface area contributed by atoms with Crippen LogP contribution in [0.2, 0.25) is 0 Å². The van der Waals surface area contributed by atoms with Crippen LogP contribution in [0.5, 0.6) is 0 Å². The number of carbonyl (C=O) groups is 1. The molecule has 0 bridgehead atoms. The Bertz CT molecular complexity index is 725. The zero-order valence-electron chi connectivity index (χ0n) is 10.5. The number of aromatic nitrogens is 1. The maximum Gasteiger partial charge on any atom is 0.281 e. The molecule has 0 fully saturated rings. The molecule has 2 aromatic rings. The average molecular weight is 294 g/mol. The molecule has 0 aliphatic rings. The Hall–Kier alpha value is -2.28. The van der Waals surface area contributed by atoms with Gasteiger partial charge in [0.2, 0.25) is 0 Å². The molecule has 1 heterocycles. The fourth-order valence-corrected chi connectivity index (χ4v) is 2.53. The zero-order chi connectivity index (χ0) is 14.8. The largest absolute Gasteiger partial charge is 0.281 e. The van der Waals surface area contributed by atoms with E-state index in [1.54, 1.807) is 13.0 Å². The summed E-state index contributed by atoms with van der Waals surface area (Å²) in [5.74, 6) is -1.51. The minimum Gasteiger partial charge on any atom is -0.268 e. The molecule has 1 N–H and O–H groups in total. The summed E-state index contributed by atoms with van der Waals surface area (Å²) in [6.45, 7) is 1.60. The first-order chi connectivity index (χ1) is 9.38. The first-order valence-corrected chi connectivity index (χ1v) is 7.12. The summed E-state index contributed by atoms with van der Waals surface area (Å²) in [6.07, 6.45) is 1.30. The minimum atomic E-state index is -4.07. The molecule has 2 rings (SSSR count). The number of rotatable bonds is 3. The number of benzene rings is 1. The average Bonchev–Trinajstić information content (AvgIpc) is 2.38. The van der Waals surface area contributed by atoms with Crippen LogP contribution in [0, 0.1) is 12.7 Å². The van der Waals surface area contributed by atoms with Gasteiger partial charge in [0.05, 0.1) is 0 Å². The predicted octanol–water partition coefficient (Wildman–Crippen LogP) is 1.65. The number of aryl methyl sites for hydroxylation is 1. The van der Waals surface area contributed by atoms with Crippen LogP contribution >= 0.6 is 0 Å². The van der Waals surface area contributed by atoms with E-state index < -0.39 is 21.7 Å². The summed E-state index contributed by atoms with van der Waals surface area (Å²) in [6, 6.07) is 7.90. The molecule has 1 aromatic carbocycles. The first-order valence-electron chi connectivity index (χ1n) is 5.64. The molecule has 0 unspecified atom stereocenters. The Morgan fingerprint density at radius 1 is 1.25 bits per heavy atom. The monoisotopic (exact) mass is 294 g/mol. The lowest BCUT2D eigenvalue weighted by atomic mass is 10.1. The fourth-order valence-electron chi connectivity index (χ4n) is 1.61. The van der Waals surface area contributed by atoms with Crippen molar-refractivity contribution in [2.24, 2.45) is 0 Å². The van der Waals surface area contributed by atoms with Gasteiger partial charge in [0, 0.05) is 11.8 Å². The summed E-state index contributed by atoms with van der Waals surface area (Å²) in [7, 11) is -4.07. The van der Waals surface area contributed by atoms with Crippen molar-refractivity contribution in [2.75, 3.05) is 0 Å². The second-order valence-corrected chi connectivity index (χ2v) is 5.75. The van der Waals surface area contributed by atoms with Crippen LogP contribution in [0.4, 0.5) is 4.39 Å². The van der Waals surface area contributed by atoms with Crippen molar-refractivity contribution in [3.8, 4) is 0 Å². The number of pyridine rings is 1. The van der Waals surface area contributed by atoms with Gasteiger partial charge in [-0.05, 0) is 42.8 Å².